The van der Waals surface area contributed by atoms with Crippen molar-refractivity contribution in [2.75, 3.05) is 0 Å². The molecule has 0 aliphatic carbocycles. The van der Waals surface area contributed by atoms with Crippen LogP contribution in [0.5, 0.6) is 0 Å². The third kappa shape index (κ3) is 3.54. The molecule has 0 unspecified atom stereocenters. The summed E-state index contributed by atoms with van der Waals surface area (Å²) in [5, 5.41) is 15.6. The van der Waals surface area contributed by atoms with Crippen LogP contribution in [0, 0.1) is 11.3 Å². The minimum atomic E-state index is 0.621. The Morgan fingerprint density at radius 2 is 1.05 bits per heavy atom. The Bertz CT molecular complexity index is 2620. The number of aromatic nitrogens is 3. The number of para-hydroxylation sites is 4. The Balaban J connectivity index is 1.28. The van der Waals surface area contributed by atoms with Crippen molar-refractivity contribution in [2.24, 2.45) is 0 Å². The Morgan fingerprint density at radius 3 is 1.84 bits per heavy atom. The maximum Gasteiger partial charge on any atom is 0.139 e. The molecule has 6 aromatic carbocycles. The van der Waals surface area contributed by atoms with Crippen LogP contribution in [0.3, 0.4) is 0 Å². The van der Waals surface area contributed by atoms with Crippen LogP contribution in [0.4, 0.5) is 0 Å². The predicted molar refractivity (Wildman–Crippen MR) is 181 cm³/mol. The molecule has 9 rings (SSSR count). The molecule has 4 heteroatoms. The van der Waals surface area contributed by atoms with Gasteiger partial charge in [-0.25, -0.2) is 4.98 Å². The zero-order chi connectivity index (χ0) is 29.2. The summed E-state index contributed by atoms with van der Waals surface area (Å²) in [5.74, 6) is 0.744. The number of pyridine rings is 1. The molecule has 0 saturated carbocycles. The second kappa shape index (κ2) is 9.42. The van der Waals surface area contributed by atoms with Gasteiger partial charge in [-0.2, -0.15) is 5.26 Å². The highest BCUT2D eigenvalue weighted by molar-refractivity contribution is 6.12. The van der Waals surface area contributed by atoms with E-state index in [9.17, 15) is 5.26 Å². The summed E-state index contributed by atoms with van der Waals surface area (Å²) in [4.78, 5) is 5.01. The highest BCUT2D eigenvalue weighted by Crippen LogP contribution is 2.38. The molecule has 4 nitrogen and oxygen atoms in total. The van der Waals surface area contributed by atoms with E-state index in [1.165, 1.54) is 21.8 Å². The SMILES string of the molecule is N#Cc1cc(-n2c3ccccc3c3cc(-c4ccc5c6ccccc6n(-c6ccccc6)c5c4)ccc32)nc2ccccc12. The molecule has 3 aromatic heterocycles. The first-order valence-corrected chi connectivity index (χ1v) is 14.7. The Kier molecular flexibility index (Phi) is 5.23. The van der Waals surface area contributed by atoms with Gasteiger partial charge in [0.1, 0.15) is 5.82 Å². The fourth-order valence-electron chi connectivity index (χ4n) is 6.77. The lowest BCUT2D eigenvalue weighted by atomic mass is 10.0. The molecule has 0 atom stereocenters. The predicted octanol–water partition coefficient (Wildman–Crippen LogP) is 9.97. The number of hydrogen-bond acceptors (Lipinski definition) is 2. The van der Waals surface area contributed by atoms with Crippen LogP contribution in [0.1, 0.15) is 5.56 Å². The van der Waals surface area contributed by atoms with Gasteiger partial charge in [0.15, 0.2) is 0 Å². The first kappa shape index (κ1) is 24.4. The first-order valence-electron chi connectivity index (χ1n) is 14.7. The van der Waals surface area contributed by atoms with Crippen molar-refractivity contribution >= 4 is 54.5 Å². The van der Waals surface area contributed by atoms with E-state index in [0.29, 0.717) is 5.56 Å². The molecule has 204 valence electrons. The summed E-state index contributed by atoms with van der Waals surface area (Å²) in [6.07, 6.45) is 0. The van der Waals surface area contributed by atoms with Crippen LogP contribution >= 0.6 is 0 Å². The van der Waals surface area contributed by atoms with Gasteiger partial charge in [-0.15, -0.1) is 0 Å². The van der Waals surface area contributed by atoms with Gasteiger partial charge in [-0.3, -0.25) is 4.57 Å². The van der Waals surface area contributed by atoms with Crippen LogP contribution < -0.4 is 0 Å². The number of hydrogen-bond donors (Lipinski definition) is 0. The van der Waals surface area contributed by atoms with Gasteiger partial charge in [0.05, 0.1) is 39.2 Å². The fourth-order valence-corrected chi connectivity index (χ4v) is 6.77. The van der Waals surface area contributed by atoms with E-state index in [1.807, 2.05) is 30.3 Å². The van der Waals surface area contributed by atoms with Crippen molar-refractivity contribution in [1.82, 2.24) is 14.1 Å². The van der Waals surface area contributed by atoms with E-state index in [1.54, 1.807) is 0 Å². The zero-order valence-corrected chi connectivity index (χ0v) is 23.6. The van der Waals surface area contributed by atoms with Crippen molar-refractivity contribution in [3.63, 3.8) is 0 Å². The number of nitriles is 1. The summed E-state index contributed by atoms with van der Waals surface area (Å²) >= 11 is 0. The molecule has 0 saturated heterocycles. The van der Waals surface area contributed by atoms with Gasteiger partial charge in [-0.05, 0) is 65.7 Å². The molecule has 0 fully saturated rings. The summed E-state index contributed by atoms with van der Waals surface area (Å²) in [6.45, 7) is 0. The summed E-state index contributed by atoms with van der Waals surface area (Å²) in [7, 11) is 0. The molecular weight excluding hydrogens is 536 g/mol. The van der Waals surface area contributed by atoms with Crippen LogP contribution in [0.15, 0.2) is 146 Å². The van der Waals surface area contributed by atoms with E-state index in [4.69, 9.17) is 4.98 Å². The monoisotopic (exact) mass is 560 g/mol. The van der Waals surface area contributed by atoms with Gasteiger partial charge < -0.3 is 4.57 Å². The lowest BCUT2D eigenvalue weighted by Gasteiger charge is -2.10. The molecule has 0 bridgehead atoms. The quantitative estimate of drug-likeness (QED) is 0.216. The lowest BCUT2D eigenvalue weighted by molar-refractivity contribution is 1.10. The van der Waals surface area contributed by atoms with Crippen LogP contribution in [-0.4, -0.2) is 14.1 Å². The number of fused-ring (bicyclic) bond motifs is 7. The number of benzene rings is 6. The van der Waals surface area contributed by atoms with Crippen molar-refractivity contribution in [3.8, 4) is 28.7 Å². The zero-order valence-electron chi connectivity index (χ0n) is 23.6. The fraction of sp³-hybridized carbons (Fsp3) is 0. The van der Waals surface area contributed by atoms with E-state index in [2.05, 4.69) is 130 Å². The van der Waals surface area contributed by atoms with Crippen molar-refractivity contribution in [1.29, 1.82) is 5.26 Å². The average molecular weight is 561 g/mol. The molecule has 44 heavy (non-hydrogen) atoms. The van der Waals surface area contributed by atoms with Crippen molar-refractivity contribution in [3.05, 3.63) is 151 Å². The van der Waals surface area contributed by atoms with E-state index >= 15 is 0 Å². The second-order valence-corrected chi connectivity index (χ2v) is 11.2. The molecular formula is C40H24N4. The van der Waals surface area contributed by atoms with Crippen molar-refractivity contribution < 1.29 is 0 Å². The maximum atomic E-state index is 9.97. The van der Waals surface area contributed by atoms with E-state index in [-0.39, 0.29) is 0 Å². The van der Waals surface area contributed by atoms with Gasteiger partial charge in [0.25, 0.3) is 0 Å². The van der Waals surface area contributed by atoms with Crippen molar-refractivity contribution in [2.45, 2.75) is 0 Å². The lowest BCUT2D eigenvalue weighted by Crippen LogP contribution is -1.99. The topological polar surface area (TPSA) is 46.5 Å². The first-order chi connectivity index (χ1) is 21.8. The standard InChI is InChI=1S/C40H24N4/c41-25-28-24-40(42-35-15-7-4-12-30(28)35)44-37-17-9-6-14-32(37)34-22-26(19-21-38(34)44)27-18-20-33-31-13-5-8-16-36(31)43(39(33)23-27)29-10-2-1-3-11-29/h1-24H. The molecule has 0 radical (unpaired) electrons. The number of rotatable bonds is 3. The second-order valence-electron chi connectivity index (χ2n) is 11.2. The van der Waals surface area contributed by atoms with Crippen LogP contribution in [-0.2, 0) is 0 Å². The third-order valence-electron chi connectivity index (χ3n) is 8.75. The van der Waals surface area contributed by atoms with Crippen LogP contribution in [0.25, 0.3) is 77.1 Å². The van der Waals surface area contributed by atoms with Gasteiger partial charge in [0.2, 0.25) is 0 Å². The number of nitrogens with zero attached hydrogens (tertiary/aromatic N) is 4. The average Bonchev–Trinajstić information content (AvgIpc) is 3.60. The minimum Gasteiger partial charge on any atom is -0.309 e. The molecule has 9 aromatic rings. The molecule has 0 spiro atoms. The van der Waals surface area contributed by atoms with Gasteiger partial charge >= 0.3 is 0 Å². The largest absolute Gasteiger partial charge is 0.309 e. The smallest absolute Gasteiger partial charge is 0.139 e. The molecule has 0 amide bonds. The molecule has 0 aliphatic heterocycles. The Labute approximate surface area is 253 Å². The molecule has 3 heterocycles. The summed E-state index contributed by atoms with van der Waals surface area (Å²) < 4.78 is 4.54. The van der Waals surface area contributed by atoms with Gasteiger partial charge in [-0.1, -0.05) is 91.0 Å². The summed E-state index contributed by atoms with van der Waals surface area (Å²) in [5.41, 5.74) is 9.39. The Morgan fingerprint density at radius 1 is 0.455 bits per heavy atom. The van der Waals surface area contributed by atoms with E-state index in [0.717, 1.165) is 55.3 Å². The maximum absolute atomic E-state index is 9.97. The molecule has 0 N–H and O–H groups in total. The van der Waals surface area contributed by atoms with E-state index < -0.39 is 0 Å². The summed E-state index contributed by atoms with van der Waals surface area (Å²) in [6, 6.07) is 53.2. The third-order valence-corrected chi connectivity index (χ3v) is 8.75. The Hall–Kier alpha value is -6.18. The normalized spacial score (nSPS) is 11.6. The highest BCUT2D eigenvalue weighted by atomic mass is 15.1. The minimum absolute atomic E-state index is 0.621. The highest BCUT2D eigenvalue weighted by Gasteiger charge is 2.17. The molecule has 0 aliphatic rings. The van der Waals surface area contributed by atoms with Crippen LogP contribution in [0.2, 0.25) is 0 Å². The van der Waals surface area contributed by atoms with Gasteiger partial charge in [0, 0.05) is 32.6 Å².